The number of carbonyl (C=O) groups is 1. The molecule has 4 nitrogen and oxygen atoms in total. The first-order chi connectivity index (χ1) is 7.21. The summed E-state index contributed by atoms with van der Waals surface area (Å²) in [4.78, 5) is 11.9. The molecule has 0 saturated carbocycles. The Morgan fingerprint density at radius 2 is 1.80 bits per heavy atom. The average Bonchev–Trinajstić information content (AvgIpc) is 2.29. The smallest absolute Gasteiger partial charge is 0.261 e. The molecule has 0 atom stereocenters. The van der Waals surface area contributed by atoms with Crippen molar-refractivity contribution in [1.29, 1.82) is 0 Å². The molecule has 0 amide bonds. The van der Waals surface area contributed by atoms with Crippen LogP contribution in [-0.4, -0.2) is 27.1 Å². The van der Waals surface area contributed by atoms with Crippen LogP contribution in [0.3, 0.4) is 0 Å². The first-order valence-corrected chi connectivity index (χ1v) is 4.54. The molecule has 0 spiro atoms. The first-order valence-electron chi connectivity index (χ1n) is 4.54. The molecule has 0 saturated heterocycles. The van der Waals surface area contributed by atoms with Crippen molar-refractivity contribution in [2.24, 2.45) is 0 Å². The Bertz CT molecular complexity index is 407. The van der Waals surface area contributed by atoms with Crippen LogP contribution in [0, 0.1) is 0 Å². The van der Waals surface area contributed by atoms with Gasteiger partial charge in [0.2, 0.25) is 5.78 Å². The van der Waals surface area contributed by atoms with Gasteiger partial charge in [0.1, 0.15) is 5.75 Å². The number of fused-ring (bicyclic) bond motifs is 1. The van der Waals surface area contributed by atoms with E-state index in [1.165, 1.54) is 21.3 Å². The highest BCUT2D eigenvalue weighted by Crippen LogP contribution is 2.46. The van der Waals surface area contributed by atoms with E-state index in [4.69, 9.17) is 14.2 Å². The summed E-state index contributed by atoms with van der Waals surface area (Å²) >= 11 is 0. The lowest BCUT2D eigenvalue weighted by molar-refractivity contribution is -0.186. The van der Waals surface area contributed by atoms with E-state index in [2.05, 4.69) is 0 Å². The third kappa shape index (κ3) is 1.06. The number of benzene rings is 1. The van der Waals surface area contributed by atoms with Gasteiger partial charge in [0, 0.05) is 19.8 Å². The maximum absolute atomic E-state index is 11.9. The number of rotatable bonds is 3. The maximum atomic E-state index is 11.9. The lowest BCUT2D eigenvalue weighted by Gasteiger charge is -2.39. The molecule has 0 radical (unpaired) electrons. The maximum Gasteiger partial charge on any atom is 0.261 e. The second-order valence-corrected chi connectivity index (χ2v) is 3.24. The minimum atomic E-state index is -1.23. The number of methoxy groups -OCH3 is 3. The predicted molar refractivity (Wildman–Crippen MR) is 53.0 cm³/mol. The fourth-order valence-electron chi connectivity index (χ4n) is 1.92. The zero-order valence-electron chi connectivity index (χ0n) is 8.87. The number of ketones is 1. The van der Waals surface area contributed by atoms with E-state index >= 15 is 0 Å². The van der Waals surface area contributed by atoms with E-state index in [1.54, 1.807) is 18.2 Å². The zero-order chi connectivity index (χ0) is 11.1. The van der Waals surface area contributed by atoms with Crippen LogP contribution >= 0.6 is 0 Å². The van der Waals surface area contributed by atoms with Gasteiger partial charge in [-0.15, -0.1) is 0 Å². The summed E-state index contributed by atoms with van der Waals surface area (Å²) in [5, 5.41) is 0. The summed E-state index contributed by atoms with van der Waals surface area (Å²) < 4.78 is 15.4. The molecule has 0 N–H and O–H groups in total. The van der Waals surface area contributed by atoms with Gasteiger partial charge in [-0.2, -0.15) is 0 Å². The third-order valence-corrected chi connectivity index (χ3v) is 2.70. The van der Waals surface area contributed by atoms with Crippen molar-refractivity contribution < 1.29 is 19.0 Å². The van der Waals surface area contributed by atoms with Crippen LogP contribution in [0.5, 0.6) is 5.75 Å². The molecule has 15 heavy (non-hydrogen) atoms. The Morgan fingerprint density at radius 1 is 1.13 bits per heavy atom. The Labute approximate surface area is 87.8 Å². The van der Waals surface area contributed by atoms with E-state index in [9.17, 15) is 4.79 Å². The molecule has 1 aliphatic carbocycles. The van der Waals surface area contributed by atoms with Gasteiger partial charge in [0.05, 0.1) is 12.7 Å². The van der Waals surface area contributed by atoms with Crippen LogP contribution in [-0.2, 0) is 15.3 Å². The summed E-state index contributed by atoms with van der Waals surface area (Å²) in [6.45, 7) is 0. The van der Waals surface area contributed by atoms with Crippen LogP contribution in [0.15, 0.2) is 18.2 Å². The quantitative estimate of drug-likeness (QED) is 0.703. The van der Waals surface area contributed by atoms with Gasteiger partial charge in [-0.25, -0.2) is 0 Å². The molecule has 80 valence electrons. The molecular formula is C11H12O4. The van der Waals surface area contributed by atoms with Crippen molar-refractivity contribution >= 4 is 5.78 Å². The van der Waals surface area contributed by atoms with Gasteiger partial charge in [-0.1, -0.05) is 12.1 Å². The number of hydrogen-bond donors (Lipinski definition) is 0. The second kappa shape index (κ2) is 3.32. The average molecular weight is 208 g/mol. The summed E-state index contributed by atoms with van der Waals surface area (Å²) in [5.41, 5.74) is 1.26. The Kier molecular flexibility index (Phi) is 2.25. The van der Waals surface area contributed by atoms with Crippen molar-refractivity contribution in [3.63, 3.8) is 0 Å². The molecule has 2 rings (SSSR count). The highest BCUT2D eigenvalue weighted by Gasteiger charge is 2.54. The molecule has 1 aromatic rings. The largest absolute Gasteiger partial charge is 0.496 e. The normalized spacial score (nSPS) is 16.9. The summed E-state index contributed by atoms with van der Waals surface area (Å²) in [6.07, 6.45) is 0. The van der Waals surface area contributed by atoms with Crippen molar-refractivity contribution in [3.8, 4) is 5.75 Å². The van der Waals surface area contributed by atoms with E-state index in [0.29, 0.717) is 11.3 Å². The van der Waals surface area contributed by atoms with Crippen molar-refractivity contribution in [3.05, 3.63) is 29.3 Å². The van der Waals surface area contributed by atoms with Crippen LogP contribution in [0.1, 0.15) is 15.9 Å². The van der Waals surface area contributed by atoms with Crippen molar-refractivity contribution in [2.75, 3.05) is 21.3 Å². The molecule has 4 heteroatoms. The fraction of sp³-hybridized carbons (Fsp3) is 0.364. The third-order valence-electron chi connectivity index (χ3n) is 2.70. The molecule has 0 heterocycles. The van der Waals surface area contributed by atoms with E-state index in [-0.39, 0.29) is 5.78 Å². The number of carbonyl (C=O) groups excluding carboxylic acids is 1. The lowest BCUT2D eigenvalue weighted by Crippen LogP contribution is -2.49. The van der Waals surface area contributed by atoms with E-state index in [1.807, 2.05) is 0 Å². The standard InChI is InChI=1S/C11H12O4/c1-13-8-6-4-5-7-9(8)10(12)11(7,14-2)15-3/h4-6H,1-3H3. The molecule has 1 aliphatic rings. The van der Waals surface area contributed by atoms with Gasteiger partial charge in [0.15, 0.2) is 0 Å². The highest BCUT2D eigenvalue weighted by atomic mass is 16.7. The topological polar surface area (TPSA) is 44.8 Å². The Morgan fingerprint density at radius 3 is 2.33 bits per heavy atom. The molecule has 0 bridgehead atoms. The Hall–Kier alpha value is -1.39. The minimum Gasteiger partial charge on any atom is -0.496 e. The number of ether oxygens (including phenoxy) is 3. The van der Waals surface area contributed by atoms with E-state index in [0.717, 1.165) is 5.56 Å². The van der Waals surface area contributed by atoms with Crippen LogP contribution in [0.25, 0.3) is 0 Å². The number of hydrogen-bond acceptors (Lipinski definition) is 4. The molecule has 0 aromatic heterocycles. The van der Waals surface area contributed by atoms with Gasteiger partial charge < -0.3 is 14.2 Å². The molecular weight excluding hydrogens is 196 g/mol. The molecule has 0 aliphatic heterocycles. The van der Waals surface area contributed by atoms with Gasteiger partial charge in [-0.3, -0.25) is 4.79 Å². The summed E-state index contributed by atoms with van der Waals surface area (Å²) in [5.74, 6) is -0.869. The van der Waals surface area contributed by atoms with Crippen molar-refractivity contribution in [2.45, 2.75) is 5.79 Å². The minimum absolute atomic E-state index is 0.194. The van der Waals surface area contributed by atoms with Gasteiger partial charge in [0.25, 0.3) is 5.79 Å². The van der Waals surface area contributed by atoms with Gasteiger partial charge in [-0.05, 0) is 6.07 Å². The van der Waals surface area contributed by atoms with Crippen LogP contribution in [0.4, 0.5) is 0 Å². The molecule has 0 unspecified atom stereocenters. The highest BCUT2D eigenvalue weighted by molar-refractivity contribution is 6.13. The summed E-state index contributed by atoms with van der Waals surface area (Å²) in [7, 11) is 4.43. The Balaban J connectivity index is 2.58. The SMILES string of the molecule is COc1cccc2c1C(=O)C2(OC)OC. The number of Topliss-reactive ketones (excluding diaryl/α,β-unsaturated/α-hetero) is 1. The predicted octanol–water partition coefficient (Wildman–Crippen LogP) is 1.34. The zero-order valence-corrected chi connectivity index (χ0v) is 8.87. The fourth-order valence-corrected chi connectivity index (χ4v) is 1.92. The molecule has 0 fully saturated rings. The molecule has 1 aromatic carbocycles. The van der Waals surface area contributed by atoms with Gasteiger partial charge >= 0.3 is 0 Å². The second-order valence-electron chi connectivity index (χ2n) is 3.24. The van der Waals surface area contributed by atoms with Crippen molar-refractivity contribution in [1.82, 2.24) is 0 Å². The summed E-state index contributed by atoms with van der Waals surface area (Å²) in [6, 6.07) is 5.34. The van der Waals surface area contributed by atoms with E-state index < -0.39 is 5.79 Å². The van der Waals surface area contributed by atoms with Crippen LogP contribution in [0.2, 0.25) is 0 Å². The van der Waals surface area contributed by atoms with Crippen LogP contribution < -0.4 is 4.74 Å². The first kappa shape index (κ1) is 10.1. The monoisotopic (exact) mass is 208 g/mol. The lowest BCUT2D eigenvalue weighted by atomic mass is 9.79.